The van der Waals surface area contributed by atoms with Crippen molar-refractivity contribution in [1.82, 2.24) is 9.21 Å². The van der Waals surface area contributed by atoms with Gasteiger partial charge in [0, 0.05) is 38.9 Å². The Hall–Kier alpha value is -1.93. The molecule has 2 aromatic rings. The van der Waals surface area contributed by atoms with Gasteiger partial charge in [-0.2, -0.15) is 4.31 Å². The monoisotopic (exact) mass is 408 g/mol. The normalized spacial score (nSPS) is 15.7. The second kappa shape index (κ2) is 8.39. The van der Waals surface area contributed by atoms with Gasteiger partial charge in [0.1, 0.15) is 4.90 Å². The average molecular weight is 409 g/mol. The fraction of sp³-hybridized carbons (Fsp3) is 0.316. The lowest BCUT2D eigenvalue weighted by Crippen LogP contribution is -2.50. The Morgan fingerprint density at radius 2 is 1.67 bits per heavy atom. The zero-order valence-electron chi connectivity index (χ0n) is 15.0. The highest BCUT2D eigenvalue weighted by Gasteiger charge is 2.31. The topological polar surface area (TPSA) is 66.9 Å². The molecule has 1 amide bonds. The Bertz CT molecular complexity index is 925. The number of hydrogen-bond acceptors (Lipinski definition) is 4. The lowest BCUT2D eigenvalue weighted by Gasteiger charge is -2.34. The molecule has 1 aliphatic heterocycles. The van der Waals surface area contributed by atoms with E-state index in [-0.39, 0.29) is 28.9 Å². The molecule has 1 fully saturated rings. The summed E-state index contributed by atoms with van der Waals surface area (Å²) in [5, 5.41) is 0.199. The van der Waals surface area contributed by atoms with Crippen LogP contribution in [0.1, 0.15) is 15.9 Å². The molecule has 0 N–H and O–H groups in total. The third-order valence-electron chi connectivity index (χ3n) is 4.53. The Morgan fingerprint density at radius 3 is 2.33 bits per heavy atom. The molecule has 3 rings (SSSR count). The number of halogens is 1. The van der Waals surface area contributed by atoms with Crippen molar-refractivity contribution in [2.75, 3.05) is 33.3 Å². The largest absolute Gasteiger partial charge is 0.380 e. The molecule has 2 aromatic carbocycles. The lowest BCUT2D eigenvalue weighted by atomic mass is 10.1. The molecular formula is C19H21ClN2O4S. The van der Waals surface area contributed by atoms with E-state index in [1.165, 1.54) is 10.4 Å². The Morgan fingerprint density at radius 1 is 1.04 bits per heavy atom. The van der Waals surface area contributed by atoms with E-state index in [2.05, 4.69) is 0 Å². The van der Waals surface area contributed by atoms with Gasteiger partial charge in [-0.1, -0.05) is 41.9 Å². The van der Waals surface area contributed by atoms with Gasteiger partial charge >= 0.3 is 0 Å². The fourth-order valence-electron chi connectivity index (χ4n) is 3.11. The zero-order chi connectivity index (χ0) is 19.4. The van der Waals surface area contributed by atoms with Gasteiger partial charge < -0.3 is 9.64 Å². The third kappa shape index (κ3) is 4.16. The predicted molar refractivity (Wildman–Crippen MR) is 103 cm³/mol. The molecule has 1 aliphatic rings. The van der Waals surface area contributed by atoms with Crippen LogP contribution in [0.5, 0.6) is 0 Å². The minimum atomic E-state index is -3.68. The van der Waals surface area contributed by atoms with E-state index in [0.717, 1.165) is 5.56 Å². The zero-order valence-corrected chi connectivity index (χ0v) is 16.5. The molecule has 0 spiro atoms. The van der Waals surface area contributed by atoms with Gasteiger partial charge in [0.25, 0.3) is 5.91 Å². The van der Waals surface area contributed by atoms with Gasteiger partial charge in [0.15, 0.2) is 0 Å². The smallest absolute Gasteiger partial charge is 0.254 e. The Balaban J connectivity index is 1.72. The van der Waals surface area contributed by atoms with Crippen molar-refractivity contribution in [2.45, 2.75) is 11.5 Å². The molecular weight excluding hydrogens is 388 g/mol. The number of carbonyl (C=O) groups is 1. The van der Waals surface area contributed by atoms with E-state index in [1.807, 2.05) is 18.2 Å². The summed E-state index contributed by atoms with van der Waals surface area (Å²) >= 11 is 6.05. The first-order valence-corrected chi connectivity index (χ1v) is 10.4. The maximum atomic E-state index is 12.9. The molecule has 0 unspecified atom stereocenters. The van der Waals surface area contributed by atoms with Gasteiger partial charge in [0.05, 0.1) is 11.6 Å². The highest BCUT2D eigenvalue weighted by atomic mass is 35.5. The summed E-state index contributed by atoms with van der Waals surface area (Å²) < 4.78 is 32.2. The van der Waals surface area contributed by atoms with Crippen LogP contribution in [0.25, 0.3) is 0 Å². The van der Waals surface area contributed by atoms with Crippen LogP contribution >= 0.6 is 11.6 Å². The molecule has 6 nitrogen and oxygen atoms in total. The second-order valence-electron chi connectivity index (χ2n) is 6.22. The molecule has 144 valence electrons. The molecule has 0 radical (unpaired) electrons. The summed E-state index contributed by atoms with van der Waals surface area (Å²) in [7, 11) is -2.10. The Labute approximate surface area is 164 Å². The van der Waals surface area contributed by atoms with Crippen molar-refractivity contribution in [3.63, 3.8) is 0 Å². The van der Waals surface area contributed by atoms with Crippen LogP contribution in [0.4, 0.5) is 0 Å². The van der Waals surface area contributed by atoms with Gasteiger partial charge in [0.2, 0.25) is 10.0 Å². The van der Waals surface area contributed by atoms with Crippen LogP contribution in [0, 0.1) is 0 Å². The summed E-state index contributed by atoms with van der Waals surface area (Å²) in [6.45, 7) is 1.45. The van der Waals surface area contributed by atoms with E-state index >= 15 is 0 Å². The molecule has 1 saturated heterocycles. The molecule has 0 saturated carbocycles. The third-order valence-corrected chi connectivity index (χ3v) is 6.93. The van der Waals surface area contributed by atoms with E-state index in [1.54, 1.807) is 36.3 Å². The summed E-state index contributed by atoms with van der Waals surface area (Å²) in [5.74, 6) is -0.113. The van der Waals surface area contributed by atoms with Crippen molar-refractivity contribution >= 4 is 27.5 Å². The number of rotatable bonds is 5. The van der Waals surface area contributed by atoms with Crippen molar-refractivity contribution in [2.24, 2.45) is 0 Å². The van der Waals surface area contributed by atoms with Crippen molar-refractivity contribution in [3.05, 3.63) is 64.7 Å². The lowest BCUT2D eigenvalue weighted by molar-refractivity contribution is 0.0693. The highest BCUT2D eigenvalue weighted by molar-refractivity contribution is 7.89. The molecule has 1 heterocycles. The van der Waals surface area contributed by atoms with Crippen molar-refractivity contribution in [3.8, 4) is 0 Å². The van der Waals surface area contributed by atoms with Crippen molar-refractivity contribution < 1.29 is 17.9 Å². The summed E-state index contributed by atoms with van der Waals surface area (Å²) in [5.41, 5.74) is 1.40. The standard InChI is InChI=1S/C19H21ClN2O4S/c1-26-14-15-6-2-3-7-16(15)19(23)21-10-12-22(13-11-21)27(24,25)18-9-5-4-8-17(18)20/h2-9H,10-14H2,1H3. The molecule has 27 heavy (non-hydrogen) atoms. The minimum Gasteiger partial charge on any atom is -0.380 e. The quantitative estimate of drug-likeness (QED) is 0.762. The highest BCUT2D eigenvalue weighted by Crippen LogP contribution is 2.25. The number of piperazine rings is 1. The second-order valence-corrected chi connectivity index (χ2v) is 8.53. The van der Waals surface area contributed by atoms with E-state index in [4.69, 9.17) is 16.3 Å². The summed E-state index contributed by atoms with van der Waals surface area (Å²) in [6.07, 6.45) is 0. The number of methoxy groups -OCH3 is 1. The number of hydrogen-bond donors (Lipinski definition) is 0. The van der Waals surface area contributed by atoms with Gasteiger partial charge in [-0.15, -0.1) is 0 Å². The number of sulfonamides is 1. The van der Waals surface area contributed by atoms with Crippen LogP contribution in [0.2, 0.25) is 5.02 Å². The first kappa shape index (κ1) is 19.8. The fourth-order valence-corrected chi connectivity index (χ4v) is 5.02. The summed E-state index contributed by atoms with van der Waals surface area (Å²) in [4.78, 5) is 14.6. The van der Waals surface area contributed by atoms with E-state index < -0.39 is 10.0 Å². The van der Waals surface area contributed by atoms with Crippen LogP contribution in [0.3, 0.4) is 0 Å². The first-order chi connectivity index (χ1) is 12.9. The maximum absolute atomic E-state index is 12.9. The van der Waals surface area contributed by atoms with Crippen molar-refractivity contribution in [1.29, 1.82) is 0 Å². The van der Waals surface area contributed by atoms with Crippen LogP contribution < -0.4 is 0 Å². The van der Waals surface area contributed by atoms with Gasteiger partial charge in [-0.3, -0.25) is 4.79 Å². The minimum absolute atomic E-state index is 0.0943. The Kier molecular flexibility index (Phi) is 6.16. The van der Waals surface area contributed by atoms with Crippen LogP contribution in [-0.4, -0.2) is 56.8 Å². The molecule has 0 atom stereocenters. The number of carbonyl (C=O) groups excluding carboxylic acids is 1. The SMILES string of the molecule is COCc1ccccc1C(=O)N1CCN(S(=O)(=O)c2ccccc2Cl)CC1. The average Bonchev–Trinajstić information content (AvgIpc) is 2.68. The summed E-state index contributed by atoms with van der Waals surface area (Å²) in [6, 6.07) is 13.7. The number of ether oxygens (including phenoxy) is 1. The van der Waals surface area contributed by atoms with Crippen LogP contribution in [-0.2, 0) is 21.4 Å². The van der Waals surface area contributed by atoms with E-state index in [9.17, 15) is 13.2 Å². The maximum Gasteiger partial charge on any atom is 0.254 e. The van der Waals surface area contributed by atoms with Gasteiger partial charge in [-0.25, -0.2) is 8.42 Å². The molecule has 0 bridgehead atoms. The number of benzene rings is 2. The molecule has 8 heteroatoms. The molecule has 0 aliphatic carbocycles. The van der Waals surface area contributed by atoms with Crippen LogP contribution in [0.15, 0.2) is 53.4 Å². The predicted octanol–water partition coefficient (Wildman–Crippen LogP) is 2.63. The number of nitrogens with zero attached hydrogens (tertiary/aromatic N) is 2. The molecule has 0 aromatic heterocycles. The van der Waals surface area contributed by atoms with E-state index in [0.29, 0.717) is 25.3 Å². The number of amides is 1. The van der Waals surface area contributed by atoms with Gasteiger partial charge in [-0.05, 0) is 23.8 Å². The first-order valence-electron chi connectivity index (χ1n) is 8.56.